The van der Waals surface area contributed by atoms with Crippen molar-refractivity contribution in [2.45, 2.75) is 32.4 Å². The molecule has 0 spiro atoms. The summed E-state index contributed by atoms with van der Waals surface area (Å²) in [6, 6.07) is 28.1. The zero-order valence-electron chi connectivity index (χ0n) is 19.7. The summed E-state index contributed by atoms with van der Waals surface area (Å²) in [5.41, 5.74) is 6.32. The van der Waals surface area contributed by atoms with Crippen LogP contribution >= 0.6 is 0 Å². The van der Waals surface area contributed by atoms with Crippen LogP contribution in [-0.2, 0) is 6.54 Å². The van der Waals surface area contributed by atoms with Crippen molar-refractivity contribution in [3.8, 4) is 11.4 Å². The lowest BCUT2D eigenvalue weighted by Crippen LogP contribution is -2.37. The van der Waals surface area contributed by atoms with Gasteiger partial charge in [-0.1, -0.05) is 62.4 Å². The molecule has 0 radical (unpaired) electrons. The Hall–Kier alpha value is -3.99. The Labute approximate surface area is 200 Å². The second-order valence-electron chi connectivity index (χ2n) is 8.95. The van der Waals surface area contributed by atoms with Gasteiger partial charge < -0.3 is 19.5 Å². The van der Waals surface area contributed by atoms with Crippen LogP contribution in [0.25, 0.3) is 5.69 Å². The summed E-state index contributed by atoms with van der Waals surface area (Å²) in [4.78, 5) is 15.7. The van der Waals surface area contributed by atoms with Crippen molar-refractivity contribution in [3.05, 3.63) is 114 Å². The molecular weight excluding hydrogens is 422 g/mol. The number of para-hydroxylation sites is 1. The number of aromatic nitrogens is 1. The summed E-state index contributed by atoms with van der Waals surface area (Å²) in [6.45, 7) is 4.87. The zero-order valence-corrected chi connectivity index (χ0v) is 19.7. The average Bonchev–Trinajstić information content (AvgIpc) is 3.28. The summed E-state index contributed by atoms with van der Waals surface area (Å²) in [5, 5.41) is 3.10. The van der Waals surface area contributed by atoms with Gasteiger partial charge in [0.25, 0.3) is 0 Å². The molecule has 0 aliphatic carbocycles. The number of fused-ring (bicyclic) bond motifs is 3. The summed E-state index contributed by atoms with van der Waals surface area (Å²) in [5.74, 6) is 1.15. The van der Waals surface area contributed by atoms with Gasteiger partial charge in [0.1, 0.15) is 5.75 Å². The van der Waals surface area contributed by atoms with E-state index in [0.717, 1.165) is 22.5 Å². The van der Waals surface area contributed by atoms with Gasteiger partial charge in [-0.2, -0.15) is 0 Å². The van der Waals surface area contributed by atoms with Crippen LogP contribution in [0, 0.1) is 0 Å². The summed E-state index contributed by atoms with van der Waals surface area (Å²) in [6.07, 6.45) is 2.08. The van der Waals surface area contributed by atoms with E-state index in [1.54, 1.807) is 7.11 Å². The number of benzene rings is 3. The molecule has 1 aliphatic rings. The van der Waals surface area contributed by atoms with Gasteiger partial charge in [0.15, 0.2) is 0 Å². The molecule has 5 heteroatoms. The average molecular weight is 452 g/mol. The van der Waals surface area contributed by atoms with Gasteiger partial charge in [-0.3, -0.25) is 0 Å². The Kier molecular flexibility index (Phi) is 5.84. The lowest BCUT2D eigenvalue weighted by Gasteiger charge is -2.31. The molecule has 1 aromatic heterocycles. The molecular formula is C29H29N3O2. The van der Waals surface area contributed by atoms with E-state index < -0.39 is 0 Å². The number of carbonyl (C=O) groups is 1. The number of methoxy groups -OCH3 is 1. The maximum atomic E-state index is 13.8. The van der Waals surface area contributed by atoms with Gasteiger partial charge in [-0.25, -0.2) is 4.79 Å². The Bertz CT molecular complexity index is 1310. The van der Waals surface area contributed by atoms with Gasteiger partial charge in [-0.05, 0) is 52.9 Å². The molecule has 0 unspecified atom stereocenters. The standard InChI is InChI=1S/C29H29N3O2/c1-20(2)21-13-15-22(16-14-21)28-27-12-7-17-31(27)26-11-5-4-8-23(26)19-32(28)29(33)30-24-9-6-10-25(18-24)34-3/h4-18,20,28H,19H2,1-3H3,(H,30,33)/t28-/m0/s1. The number of carbonyl (C=O) groups excluding carboxylic acids is 1. The van der Waals surface area contributed by atoms with E-state index in [-0.39, 0.29) is 12.1 Å². The Morgan fingerprint density at radius 2 is 1.76 bits per heavy atom. The van der Waals surface area contributed by atoms with Crippen molar-refractivity contribution in [2.24, 2.45) is 0 Å². The van der Waals surface area contributed by atoms with E-state index in [4.69, 9.17) is 4.74 Å². The number of nitrogens with one attached hydrogen (secondary N) is 1. The third-order valence-corrected chi connectivity index (χ3v) is 6.46. The van der Waals surface area contributed by atoms with Crippen LogP contribution in [0.3, 0.4) is 0 Å². The van der Waals surface area contributed by atoms with Crippen molar-refractivity contribution < 1.29 is 9.53 Å². The second-order valence-corrected chi connectivity index (χ2v) is 8.95. The number of urea groups is 1. The minimum Gasteiger partial charge on any atom is -0.497 e. The molecule has 0 fully saturated rings. The number of nitrogens with zero attached hydrogens (tertiary/aromatic N) is 2. The lowest BCUT2D eigenvalue weighted by molar-refractivity contribution is 0.194. The fraction of sp³-hybridized carbons (Fsp3) is 0.207. The molecule has 0 saturated heterocycles. The first-order valence-corrected chi connectivity index (χ1v) is 11.6. The Morgan fingerprint density at radius 3 is 2.53 bits per heavy atom. The van der Waals surface area contributed by atoms with E-state index in [2.05, 4.69) is 72.4 Å². The molecule has 1 atom stereocenters. The zero-order chi connectivity index (χ0) is 23.7. The van der Waals surface area contributed by atoms with Crippen LogP contribution in [0.15, 0.2) is 91.1 Å². The van der Waals surface area contributed by atoms with Crippen molar-refractivity contribution in [1.29, 1.82) is 0 Å². The first-order chi connectivity index (χ1) is 16.5. The van der Waals surface area contributed by atoms with Crippen LogP contribution in [-0.4, -0.2) is 22.6 Å². The molecule has 2 amide bonds. The van der Waals surface area contributed by atoms with Gasteiger partial charge >= 0.3 is 6.03 Å². The maximum absolute atomic E-state index is 13.8. The van der Waals surface area contributed by atoms with E-state index in [9.17, 15) is 4.79 Å². The fourth-order valence-corrected chi connectivity index (χ4v) is 4.65. The maximum Gasteiger partial charge on any atom is 0.322 e. The summed E-state index contributed by atoms with van der Waals surface area (Å²) < 4.78 is 7.54. The topological polar surface area (TPSA) is 46.5 Å². The number of rotatable bonds is 4. The number of hydrogen-bond acceptors (Lipinski definition) is 2. The molecule has 2 heterocycles. The number of hydrogen-bond donors (Lipinski definition) is 1. The van der Waals surface area contributed by atoms with Crippen molar-refractivity contribution in [1.82, 2.24) is 9.47 Å². The predicted molar refractivity (Wildman–Crippen MR) is 136 cm³/mol. The highest BCUT2D eigenvalue weighted by atomic mass is 16.5. The number of amides is 2. The van der Waals surface area contributed by atoms with E-state index in [1.807, 2.05) is 47.4 Å². The normalized spacial score (nSPS) is 14.8. The van der Waals surface area contributed by atoms with Crippen LogP contribution in [0.4, 0.5) is 10.5 Å². The monoisotopic (exact) mass is 451 g/mol. The van der Waals surface area contributed by atoms with Gasteiger partial charge in [-0.15, -0.1) is 0 Å². The van der Waals surface area contributed by atoms with Crippen LogP contribution in [0.1, 0.15) is 48.2 Å². The van der Waals surface area contributed by atoms with Crippen LogP contribution in [0.2, 0.25) is 0 Å². The van der Waals surface area contributed by atoms with Crippen LogP contribution in [0.5, 0.6) is 5.75 Å². The molecule has 0 bridgehead atoms. The summed E-state index contributed by atoms with van der Waals surface area (Å²) in [7, 11) is 1.62. The molecule has 5 rings (SSSR count). The Morgan fingerprint density at radius 1 is 0.971 bits per heavy atom. The minimum absolute atomic E-state index is 0.157. The van der Waals surface area contributed by atoms with Gasteiger partial charge in [0, 0.05) is 23.6 Å². The fourth-order valence-electron chi connectivity index (χ4n) is 4.65. The number of anilines is 1. The number of ether oxygens (including phenoxy) is 1. The third-order valence-electron chi connectivity index (χ3n) is 6.46. The van der Waals surface area contributed by atoms with Crippen molar-refractivity contribution in [3.63, 3.8) is 0 Å². The quantitative estimate of drug-likeness (QED) is 0.373. The molecule has 5 nitrogen and oxygen atoms in total. The van der Waals surface area contributed by atoms with Crippen LogP contribution < -0.4 is 10.1 Å². The second kappa shape index (κ2) is 9.10. The molecule has 34 heavy (non-hydrogen) atoms. The first-order valence-electron chi connectivity index (χ1n) is 11.6. The minimum atomic E-state index is -0.241. The van der Waals surface area contributed by atoms with Gasteiger partial charge in [0.2, 0.25) is 0 Å². The third kappa shape index (κ3) is 4.05. The molecule has 0 saturated carbocycles. The predicted octanol–water partition coefficient (Wildman–Crippen LogP) is 6.75. The molecule has 172 valence electrons. The van der Waals surface area contributed by atoms with E-state index in [0.29, 0.717) is 23.9 Å². The van der Waals surface area contributed by atoms with Crippen molar-refractivity contribution >= 4 is 11.7 Å². The molecule has 1 N–H and O–H groups in total. The smallest absolute Gasteiger partial charge is 0.322 e. The van der Waals surface area contributed by atoms with E-state index >= 15 is 0 Å². The molecule has 1 aliphatic heterocycles. The van der Waals surface area contributed by atoms with Crippen molar-refractivity contribution in [2.75, 3.05) is 12.4 Å². The first kappa shape index (κ1) is 21.8. The highest BCUT2D eigenvalue weighted by Gasteiger charge is 2.33. The van der Waals surface area contributed by atoms with E-state index in [1.165, 1.54) is 5.56 Å². The molecule has 4 aromatic rings. The summed E-state index contributed by atoms with van der Waals surface area (Å²) >= 11 is 0. The highest BCUT2D eigenvalue weighted by molar-refractivity contribution is 5.90. The largest absolute Gasteiger partial charge is 0.497 e. The van der Waals surface area contributed by atoms with Gasteiger partial charge in [0.05, 0.1) is 25.4 Å². The Balaban J connectivity index is 1.60. The highest BCUT2D eigenvalue weighted by Crippen LogP contribution is 2.37. The molecule has 3 aromatic carbocycles. The lowest BCUT2D eigenvalue weighted by atomic mass is 9.97. The SMILES string of the molecule is COc1cccc(NC(=O)N2Cc3ccccc3-n3cccc3[C@@H]2c2ccc(C(C)C)cc2)c1.